The van der Waals surface area contributed by atoms with Gasteiger partial charge in [0.2, 0.25) is 5.91 Å². The number of nitrogens with one attached hydrogen (secondary N) is 4. The highest BCUT2D eigenvalue weighted by Gasteiger charge is 2.43. The number of carbonyl (C=O) groups is 1. The van der Waals surface area contributed by atoms with Crippen molar-refractivity contribution in [3.8, 4) is 0 Å². The second kappa shape index (κ2) is 9.51. The van der Waals surface area contributed by atoms with Crippen molar-refractivity contribution in [1.29, 1.82) is 0 Å². The van der Waals surface area contributed by atoms with Crippen LogP contribution >= 0.6 is 11.8 Å². The van der Waals surface area contributed by atoms with Gasteiger partial charge in [0.15, 0.2) is 0 Å². The standard InChI is InChI=1S/C18H32F3N5OS/c1-11(28-17-25-22-10-26(17)2)12-5-3-6-13(9-12)23-16(27)14-7-4-8-15(24-14)18(19,20)21/h11-15,17,22,24-25H,3-10H2,1-2H3,(H,23,27)/t11-,12?,13?,14?,15?,17?/m0/s1. The van der Waals surface area contributed by atoms with Crippen molar-refractivity contribution in [1.82, 2.24) is 26.4 Å². The van der Waals surface area contributed by atoms with Crippen LogP contribution in [0.15, 0.2) is 0 Å². The first-order valence-electron chi connectivity index (χ1n) is 10.2. The summed E-state index contributed by atoms with van der Waals surface area (Å²) in [6.07, 6.45) is 0.596. The van der Waals surface area contributed by atoms with Gasteiger partial charge in [-0.15, -0.1) is 11.8 Å². The van der Waals surface area contributed by atoms with Crippen LogP contribution in [0.1, 0.15) is 51.9 Å². The number of hydrogen-bond donors (Lipinski definition) is 4. The fraction of sp³-hybridized carbons (Fsp3) is 0.944. The molecule has 0 aromatic heterocycles. The van der Waals surface area contributed by atoms with Gasteiger partial charge < -0.3 is 5.32 Å². The predicted octanol–water partition coefficient (Wildman–Crippen LogP) is 2.14. The number of alkyl halides is 3. The molecule has 0 bridgehead atoms. The number of halogens is 3. The number of hydrazine groups is 1. The Labute approximate surface area is 169 Å². The highest BCUT2D eigenvalue weighted by molar-refractivity contribution is 8.00. The highest BCUT2D eigenvalue weighted by Crippen LogP contribution is 2.35. The number of nitrogens with zero attached hydrogens (tertiary/aromatic N) is 1. The van der Waals surface area contributed by atoms with E-state index in [2.05, 4.69) is 40.4 Å². The van der Waals surface area contributed by atoms with Gasteiger partial charge in [-0.2, -0.15) is 13.2 Å². The number of carbonyl (C=O) groups excluding carboxylic acids is 1. The summed E-state index contributed by atoms with van der Waals surface area (Å²) < 4.78 is 38.9. The normalized spacial score (nSPS) is 36.2. The van der Waals surface area contributed by atoms with Crippen LogP contribution in [0.2, 0.25) is 0 Å². The lowest BCUT2D eigenvalue weighted by molar-refractivity contribution is -0.164. The molecule has 0 aromatic rings. The minimum absolute atomic E-state index is 0.0476. The van der Waals surface area contributed by atoms with E-state index in [1.54, 1.807) is 0 Å². The molecule has 3 aliphatic rings. The lowest BCUT2D eigenvalue weighted by Gasteiger charge is -2.36. The van der Waals surface area contributed by atoms with Gasteiger partial charge in [-0.25, -0.2) is 10.9 Å². The summed E-state index contributed by atoms with van der Waals surface area (Å²) in [6, 6.07) is -2.26. The van der Waals surface area contributed by atoms with Gasteiger partial charge in [-0.1, -0.05) is 13.3 Å². The van der Waals surface area contributed by atoms with Crippen molar-refractivity contribution in [2.45, 2.75) is 86.9 Å². The second-order valence-corrected chi connectivity index (χ2v) is 9.77. The van der Waals surface area contributed by atoms with Gasteiger partial charge in [0.05, 0.1) is 12.7 Å². The predicted molar refractivity (Wildman–Crippen MR) is 104 cm³/mol. The maximum absolute atomic E-state index is 13.0. The van der Waals surface area contributed by atoms with Crippen molar-refractivity contribution in [3.63, 3.8) is 0 Å². The summed E-state index contributed by atoms with van der Waals surface area (Å²) in [5, 5.41) is 5.97. The van der Waals surface area contributed by atoms with Gasteiger partial charge >= 0.3 is 6.18 Å². The van der Waals surface area contributed by atoms with E-state index in [1.165, 1.54) is 0 Å². The van der Waals surface area contributed by atoms with Crippen molar-refractivity contribution in [3.05, 3.63) is 0 Å². The Morgan fingerprint density at radius 2 is 1.96 bits per heavy atom. The van der Waals surface area contributed by atoms with Gasteiger partial charge in [-0.05, 0) is 51.5 Å². The molecule has 2 heterocycles. The van der Waals surface area contributed by atoms with Crippen LogP contribution in [0.4, 0.5) is 13.2 Å². The Balaban J connectivity index is 1.48. The van der Waals surface area contributed by atoms with Crippen LogP contribution < -0.4 is 21.5 Å². The van der Waals surface area contributed by atoms with Crippen LogP contribution in [0.5, 0.6) is 0 Å². The first-order valence-corrected chi connectivity index (χ1v) is 11.2. The molecular formula is C18H32F3N5OS. The summed E-state index contributed by atoms with van der Waals surface area (Å²) in [7, 11) is 2.06. The first kappa shape index (κ1) is 22.1. The van der Waals surface area contributed by atoms with E-state index in [4.69, 9.17) is 0 Å². The molecule has 3 rings (SSSR count). The van der Waals surface area contributed by atoms with Crippen LogP contribution in [0.3, 0.4) is 0 Å². The van der Waals surface area contributed by atoms with Crippen molar-refractivity contribution in [2.75, 3.05) is 13.7 Å². The van der Waals surface area contributed by atoms with Crippen LogP contribution in [0.25, 0.3) is 0 Å². The Hall–Kier alpha value is -0.550. The van der Waals surface area contributed by atoms with E-state index < -0.39 is 18.3 Å². The average molecular weight is 424 g/mol. The molecule has 0 aromatic carbocycles. The van der Waals surface area contributed by atoms with Gasteiger partial charge in [-0.3, -0.25) is 15.0 Å². The maximum atomic E-state index is 13.0. The van der Waals surface area contributed by atoms with Gasteiger partial charge in [0.25, 0.3) is 0 Å². The summed E-state index contributed by atoms with van der Waals surface area (Å²) in [5.74, 6) is 0.211. The quantitative estimate of drug-likeness (QED) is 0.543. The monoisotopic (exact) mass is 423 g/mol. The molecule has 10 heteroatoms. The molecule has 0 radical (unpaired) electrons. The molecule has 2 saturated heterocycles. The molecule has 1 aliphatic carbocycles. The lowest BCUT2D eigenvalue weighted by Crippen LogP contribution is -2.57. The summed E-state index contributed by atoms with van der Waals surface area (Å²) in [4.78, 5) is 14.8. The molecule has 2 aliphatic heterocycles. The molecular weight excluding hydrogens is 391 g/mol. The van der Waals surface area contributed by atoms with E-state index >= 15 is 0 Å². The number of thioether (sulfide) groups is 1. The average Bonchev–Trinajstić information content (AvgIpc) is 3.06. The summed E-state index contributed by atoms with van der Waals surface area (Å²) >= 11 is 1.88. The summed E-state index contributed by atoms with van der Waals surface area (Å²) in [6.45, 7) is 3.03. The number of piperidine rings is 1. The van der Waals surface area contributed by atoms with E-state index in [0.29, 0.717) is 24.0 Å². The number of hydrogen-bond acceptors (Lipinski definition) is 6. The van der Waals surface area contributed by atoms with E-state index in [9.17, 15) is 18.0 Å². The molecule has 1 amide bonds. The van der Waals surface area contributed by atoms with Crippen molar-refractivity contribution in [2.24, 2.45) is 5.92 Å². The molecule has 6 atom stereocenters. The van der Waals surface area contributed by atoms with Crippen LogP contribution in [-0.4, -0.2) is 59.6 Å². The fourth-order valence-corrected chi connectivity index (χ4v) is 5.70. The molecule has 5 unspecified atom stereocenters. The third-order valence-electron chi connectivity index (χ3n) is 6.12. The fourth-order valence-electron chi connectivity index (χ4n) is 4.39. The second-order valence-electron chi connectivity index (χ2n) is 8.31. The SMILES string of the molecule is C[C@H](SC1NNCN1C)C1CCCC(NC(=O)C2CCCC(C(F)(F)F)N2)C1. The smallest absolute Gasteiger partial charge is 0.352 e. The number of rotatable bonds is 5. The zero-order valence-electron chi connectivity index (χ0n) is 16.5. The van der Waals surface area contributed by atoms with Crippen molar-refractivity contribution < 1.29 is 18.0 Å². The van der Waals surface area contributed by atoms with Crippen LogP contribution in [-0.2, 0) is 4.79 Å². The third-order valence-corrected chi connectivity index (χ3v) is 7.67. The topological polar surface area (TPSA) is 68.4 Å². The zero-order chi connectivity index (χ0) is 20.3. The van der Waals surface area contributed by atoms with Crippen molar-refractivity contribution >= 4 is 17.7 Å². The molecule has 0 spiro atoms. The van der Waals surface area contributed by atoms with Crippen LogP contribution in [0, 0.1) is 5.92 Å². The minimum atomic E-state index is -4.29. The molecule has 162 valence electrons. The molecule has 4 N–H and O–H groups in total. The Morgan fingerprint density at radius 3 is 2.64 bits per heavy atom. The Kier molecular flexibility index (Phi) is 7.52. The van der Waals surface area contributed by atoms with Gasteiger partial charge in [0, 0.05) is 11.3 Å². The molecule has 3 fully saturated rings. The molecule has 28 heavy (non-hydrogen) atoms. The maximum Gasteiger partial charge on any atom is 0.403 e. The summed E-state index contributed by atoms with van der Waals surface area (Å²) in [5.41, 5.74) is 6.61. The largest absolute Gasteiger partial charge is 0.403 e. The van der Waals surface area contributed by atoms with Gasteiger partial charge in [0.1, 0.15) is 11.5 Å². The Bertz CT molecular complexity index is 538. The zero-order valence-corrected chi connectivity index (χ0v) is 17.3. The number of amides is 1. The molecule has 6 nitrogen and oxygen atoms in total. The van der Waals surface area contributed by atoms with E-state index in [-0.39, 0.29) is 23.9 Å². The van der Waals surface area contributed by atoms with E-state index in [1.807, 2.05) is 11.8 Å². The van der Waals surface area contributed by atoms with E-state index in [0.717, 1.165) is 32.4 Å². The highest BCUT2D eigenvalue weighted by atomic mass is 32.2. The first-order chi connectivity index (χ1) is 13.2. The minimum Gasteiger partial charge on any atom is -0.352 e. The molecule has 1 saturated carbocycles. The Morgan fingerprint density at radius 1 is 1.21 bits per heavy atom. The lowest BCUT2D eigenvalue weighted by atomic mass is 9.83. The third kappa shape index (κ3) is 5.75.